The monoisotopic (exact) mass is 822 g/mol. The zero-order valence-corrected chi connectivity index (χ0v) is 33.9. The van der Waals surface area contributed by atoms with Gasteiger partial charge in [0.1, 0.15) is 11.2 Å². The fourth-order valence-electron chi connectivity index (χ4n) is 9.04. The zero-order chi connectivity index (χ0) is 56.9. The summed E-state index contributed by atoms with van der Waals surface area (Å²) >= 11 is 0. The molecule has 1 aliphatic rings. The maximum Gasteiger partial charge on any atom is 0.143 e. The van der Waals surface area contributed by atoms with Crippen LogP contribution in [0.15, 0.2) is 228 Å². The quantitative estimate of drug-likeness (QED) is 0.159. The largest absolute Gasteiger partial charge is 0.455 e. The Labute approximate surface area is 391 Å². The Morgan fingerprint density at radius 3 is 1.71 bits per heavy atom. The summed E-state index contributed by atoms with van der Waals surface area (Å²) in [5.74, 6) is 0. The van der Waals surface area contributed by atoms with Gasteiger partial charge in [0.15, 0.2) is 0 Å². The predicted molar refractivity (Wildman–Crippen MR) is 265 cm³/mol. The summed E-state index contributed by atoms with van der Waals surface area (Å²) in [6.07, 6.45) is 0. The summed E-state index contributed by atoms with van der Waals surface area (Å²) in [7, 11) is 0. The van der Waals surface area contributed by atoms with Gasteiger partial charge in [-0.25, -0.2) is 0 Å². The molecule has 12 rings (SSSR count). The topological polar surface area (TPSA) is 16.4 Å². The maximum atomic E-state index is 9.84. The average molecular weight is 823 g/mol. The molecule has 10 aromatic carbocycles. The van der Waals surface area contributed by atoms with Gasteiger partial charge >= 0.3 is 0 Å². The molecule has 0 N–H and O–H groups in total. The van der Waals surface area contributed by atoms with Crippen molar-refractivity contribution < 1.29 is 27.7 Å². The molecule has 2 nitrogen and oxygen atoms in total. The number of hydrogen-bond donors (Lipinski definition) is 0. The lowest BCUT2D eigenvalue weighted by molar-refractivity contribution is 0.662. The Morgan fingerprint density at radius 2 is 0.984 bits per heavy atom. The molecule has 0 unspecified atom stereocenters. The molecule has 1 aromatic heterocycles. The van der Waals surface area contributed by atoms with E-state index >= 15 is 0 Å². The van der Waals surface area contributed by atoms with E-state index in [0.29, 0.717) is 22.3 Å². The Balaban J connectivity index is 1.08. The third-order valence-corrected chi connectivity index (χ3v) is 12.0. The summed E-state index contributed by atoms with van der Waals surface area (Å²) in [6, 6.07) is 25.1. The molecule has 0 spiro atoms. The van der Waals surface area contributed by atoms with Crippen molar-refractivity contribution in [1.29, 1.82) is 0 Å². The van der Waals surface area contributed by atoms with E-state index in [1.165, 1.54) is 0 Å². The Hall–Kier alpha value is -7.94. The average Bonchev–Trinajstić information content (AvgIpc) is 4.11. The second kappa shape index (κ2) is 14.6. The van der Waals surface area contributed by atoms with Gasteiger partial charge in [0.2, 0.25) is 0 Å². The molecule has 11 aromatic rings. The van der Waals surface area contributed by atoms with Crippen molar-refractivity contribution in [3.63, 3.8) is 0 Å². The van der Waals surface area contributed by atoms with Gasteiger partial charge in [0, 0.05) is 38.6 Å². The van der Waals surface area contributed by atoms with Gasteiger partial charge in [-0.2, -0.15) is 0 Å². The Bertz CT molecular complexity index is 4430. The minimum absolute atomic E-state index is 0.00954. The maximum absolute atomic E-state index is 9.84. The number of furan rings is 1. The number of rotatable bonds is 7. The summed E-state index contributed by atoms with van der Waals surface area (Å²) in [5.41, 5.74) is 2.99. The number of nitrogens with zero attached hydrogens (tertiary/aromatic N) is 1. The first-order chi connectivity index (χ1) is 38.1. The van der Waals surface area contributed by atoms with Gasteiger partial charge in [-0.05, 0) is 121 Å². The van der Waals surface area contributed by atoms with Crippen molar-refractivity contribution in [1.82, 2.24) is 0 Å². The zero-order valence-electron chi connectivity index (χ0n) is 50.9. The predicted octanol–water partition coefficient (Wildman–Crippen LogP) is 17.2. The molecule has 63 heavy (non-hydrogen) atoms. The van der Waals surface area contributed by atoms with Crippen LogP contribution in [0, 0.1) is 0 Å². The highest BCUT2D eigenvalue weighted by molar-refractivity contribution is 6.19. The summed E-state index contributed by atoms with van der Waals surface area (Å²) < 4.78 is 162. The molecule has 0 atom stereocenters. The molecule has 0 bridgehead atoms. The van der Waals surface area contributed by atoms with Gasteiger partial charge in [-0.1, -0.05) is 189 Å². The molecule has 0 saturated heterocycles. The van der Waals surface area contributed by atoms with Crippen LogP contribution in [-0.2, 0) is 5.41 Å². The van der Waals surface area contributed by atoms with Gasteiger partial charge in [-0.15, -0.1) is 0 Å². The van der Waals surface area contributed by atoms with E-state index in [0.717, 1.165) is 54.3 Å². The van der Waals surface area contributed by atoms with Crippen LogP contribution in [0.5, 0.6) is 0 Å². The standard InChI is InChI=1S/C61H43NO/c1-61(2)56-20-9-8-16-53(56)54-19-10-18-51(59(54)61)46-30-37-49(38-31-46)62(47-33-26-43(27-34-47)42-24-22-41(23-25-42)40-12-4-3-5-13-40)48-35-28-45(29-36-48)50-17-11-21-57-58(50)55-39-32-44-14-6-7-15-52(44)60(55)63-57/h3-39H,1-2H3/i3D,4D,5D,12D,13D,22D,23D,24D,25D,26D,27D,30D,31D,33D,34D,37D,38D. The van der Waals surface area contributed by atoms with Crippen molar-refractivity contribution in [3.8, 4) is 55.6 Å². The molecule has 0 radical (unpaired) electrons. The van der Waals surface area contributed by atoms with Gasteiger partial charge < -0.3 is 9.32 Å². The van der Waals surface area contributed by atoms with E-state index in [1.54, 1.807) is 30.3 Å². The van der Waals surface area contributed by atoms with E-state index in [4.69, 9.17) is 16.8 Å². The fourth-order valence-corrected chi connectivity index (χ4v) is 9.04. The highest BCUT2D eigenvalue weighted by Crippen LogP contribution is 2.52. The highest BCUT2D eigenvalue weighted by Gasteiger charge is 2.37. The molecule has 2 heteroatoms. The fraction of sp³-hybridized carbons (Fsp3) is 0.0492. The van der Waals surface area contributed by atoms with E-state index in [1.807, 2.05) is 105 Å². The first-order valence-electron chi connectivity index (χ1n) is 29.0. The third kappa shape index (κ3) is 6.09. The van der Waals surface area contributed by atoms with E-state index < -0.39 is 142 Å². The summed E-state index contributed by atoms with van der Waals surface area (Å²) in [6.45, 7) is 4.08. The first-order valence-corrected chi connectivity index (χ1v) is 20.5. The van der Waals surface area contributed by atoms with Gasteiger partial charge in [0.05, 0.1) is 23.3 Å². The number of anilines is 3. The van der Waals surface area contributed by atoms with Crippen LogP contribution < -0.4 is 4.90 Å². The van der Waals surface area contributed by atoms with Crippen LogP contribution in [-0.4, -0.2) is 0 Å². The van der Waals surface area contributed by atoms with Crippen molar-refractivity contribution in [3.05, 3.63) is 235 Å². The molecular weight excluding hydrogens is 763 g/mol. The molecule has 1 heterocycles. The third-order valence-electron chi connectivity index (χ3n) is 12.0. The molecule has 0 amide bonds. The minimum atomic E-state index is -0.878. The number of fused-ring (bicyclic) bond motifs is 8. The van der Waals surface area contributed by atoms with Crippen molar-refractivity contribution >= 4 is 49.8 Å². The lowest BCUT2D eigenvalue weighted by Crippen LogP contribution is -2.16. The smallest absolute Gasteiger partial charge is 0.143 e. The van der Waals surface area contributed by atoms with Crippen LogP contribution in [0.4, 0.5) is 17.1 Å². The van der Waals surface area contributed by atoms with Crippen molar-refractivity contribution in [2.24, 2.45) is 0 Å². The minimum Gasteiger partial charge on any atom is -0.455 e. The molecule has 0 saturated carbocycles. The molecule has 0 aliphatic heterocycles. The van der Waals surface area contributed by atoms with E-state index in [-0.39, 0.29) is 11.3 Å². The van der Waals surface area contributed by atoms with Crippen LogP contribution in [0.3, 0.4) is 0 Å². The van der Waals surface area contributed by atoms with Crippen molar-refractivity contribution in [2.75, 3.05) is 4.90 Å². The Kier molecular flexibility index (Phi) is 5.41. The van der Waals surface area contributed by atoms with Crippen LogP contribution in [0.25, 0.3) is 88.3 Å². The second-order valence-electron chi connectivity index (χ2n) is 15.9. The molecule has 0 fully saturated rings. The van der Waals surface area contributed by atoms with E-state index in [9.17, 15) is 11.0 Å². The molecular formula is C61H43NO. The van der Waals surface area contributed by atoms with Crippen LogP contribution in [0.2, 0.25) is 0 Å². The highest BCUT2D eigenvalue weighted by atomic mass is 16.3. The lowest BCUT2D eigenvalue weighted by atomic mass is 9.79. The van der Waals surface area contributed by atoms with Gasteiger partial charge in [0.25, 0.3) is 0 Å². The Morgan fingerprint density at radius 1 is 0.413 bits per heavy atom. The summed E-state index contributed by atoms with van der Waals surface area (Å²) in [4.78, 5) is 1.14. The van der Waals surface area contributed by atoms with Crippen molar-refractivity contribution in [2.45, 2.75) is 19.3 Å². The van der Waals surface area contributed by atoms with Crippen LogP contribution >= 0.6 is 0 Å². The first kappa shape index (κ1) is 23.3. The normalized spacial score (nSPS) is 16.5. The van der Waals surface area contributed by atoms with Crippen LogP contribution in [0.1, 0.15) is 48.3 Å². The summed E-state index contributed by atoms with van der Waals surface area (Å²) in [5, 5.41) is 3.64. The van der Waals surface area contributed by atoms with Gasteiger partial charge in [-0.3, -0.25) is 0 Å². The molecule has 1 aliphatic carbocycles. The number of hydrogen-bond acceptors (Lipinski definition) is 2. The molecule has 298 valence electrons. The van der Waals surface area contributed by atoms with E-state index in [2.05, 4.69) is 0 Å². The lowest BCUT2D eigenvalue weighted by Gasteiger charge is -2.27. The SMILES string of the molecule is [2H]c1c([2H])c([2H])c(-c2c([2H])c([2H])c(-c3c([2H])c([2H])c(N(c4ccc(-c5cccc6oc7c8ccccc8ccc7c56)cc4)c4c([2H])c([2H])c(-c5cccc6c5C(C)(C)c5ccccc5-6)c([2H])c4[2H])c([2H])c3[2H])c([2H])c2[2H])c([2H])c1[2H]. The second-order valence-corrected chi connectivity index (χ2v) is 15.9. The number of benzene rings is 10.